The van der Waals surface area contributed by atoms with Crippen LogP contribution in [0.3, 0.4) is 0 Å². The van der Waals surface area contributed by atoms with Crippen molar-refractivity contribution < 1.29 is 5.11 Å². The summed E-state index contributed by atoms with van der Waals surface area (Å²) in [7, 11) is 0. The summed E-state index contributed by atoms with van der Waals surface area (Å²) >= 11 is 0. The maximum absolute atomic E-state index is 10.2. The van der Waals surface area contributed by atoms with E-state index in [4.69, 9.17) is 0 Å². The number of rotatable bonds is 2. The molecule has 4 atom stereocenters. The van der Waals surface area contributed by atoms with Gasteiger partial charge in [-0.2, -0.15) is 0 Å². The molecule has 0 amide bonds. The lowest BCUT2D eigenvalue weighted by molar-refractivity contribution is 0.0226. The third kappa shape index (κ3) is 1.78. The number of fused-ring (bicyclic) bond motifs is 1. The average Bonchev–Trinajstić information content (AvgIpc) is 2.23. The van der Waals surface area contributed by atoms with E-state index in [0.717, 1.165) is 6.42 Å². The Morgan fingerprint density at radius 2 is 2.07 bits per heavy atom. The van der Waals surface area contributed by atoms with Gasteiger partial charge in [0.15, 0.2) is 0 Å². The van der Waals surface area contributed by atoms with Gasteiger partial charge >= 0.3 is 0 Å². The maximum atomic E-state index is 10.2. The van der Waals surface area contributed by atoms with Crippen LogP contribution in [0.1, 0.15) is 32.1 Å². The van der Waals surface area contributed by atoms with Gasteiger partial charge in [0.2, 0.25) is 0 Å². The number of aliphatic hydroxyl groups excluding tert-OH is 1. The van der Waals surface area contributed by atoms with E-state index in [2.05, 4.69) is 18.7 Å². The van der Waals surface area contributed by atoms with Crippen molar-refractivity contribution in [3.63, 3.8) is 0 Å². The summed E-state index contributed by atoms with van der Waals surface area (Å²) in [5.74, 6) is 1.50. The molecule has 1 nitrogen and oxygen atoms in total. The van der Waals surface area contributed by atoms with Gasteiger partial charge in [-0.15, -0.1) is 6.58 Å². The minimum atomic E-state index is -0.122. The lowest BCUT2D eigenvalue weighted by atomic mass is 9.69. The molecule has 2 rings (SSSR count). The standard InChI is InChI=1S/C13H20O/c1-2-5-11-9-8-10-6-3-4-7-12(10)13(11)14/h2,8-14H,1,3-7H2/t10-,11-,12-,13-/m0/s1. The van der Waals surface area contributed by atoms with Crippen molar-refractivity contribution in [1.82, 2.24) is 0 Å². The van der Waals surface area contributed by atoms with E-state index in [0.29, 0.717) is 17.8 Å². The summed E-state index contributed by atoms with van der Waals surface area (Å²) in [6, 6.07) is 0. The fourth-order valence-electron chi connectivity index (χ4n) is 2.98. The Kier molecular flexibility index (Phi) is 3.07. The van der Waals surface area contributed by atoms with Gasteiger partial charge in [-0.05, 0) is 31.1 Å². The van der Waals surface area contributed by atoms with Crippen LogP contribution in [0.5, 0.6) is 0 Å². The van der Waals surface area contributed by atoms with E-state index in [9.17, 15) is 5.11 Å². The Labute approximate surface area is 86.5 Å². The zero-order valence-electron chi connectivity index (χ0n) is 8.73. The first-order valence-electron chi connectivity index (χ1n) is 5.80. The van der Waals surface area contributed by atoms with Gasteiger partial charge in [-0.3, -0.25) is 0 Å². The van der Waals surface area contributed by atoms with Crippen LogP contribution in [0.2, 0.25) is 0 Å². The van der Waals surface area contributed by atoms with Crippen molar-refractivity contribution in [2.45, 2.75) is 38.2 Å². The minimum Gasteiger partial charge on any atom is -0.392 e. The average molecular weight is 192 g/mol. The van der Waals surface area contributed by atoms with Crippen molar-refractivity contribution >= 4 is 0 Å². The Hall–Kier alpha value is -0.560. The molecule has 0 aromatic rings. The van der Waals surface area contributed by atoms with E-state index in [1.165, 1.54) is 25.7 Å². The van der Waals surface area contributed by atoms with Gasteiger partial charge in [-0.25, -0.2) is 0 Å². The van der Waals surface area contributed by atoms with Crippen molar-refractivity contribution in [2.24, 2.45) is 17.8 Å². The highest BCUT2D eigenvalue weighted by atomic mass is 16.3. The van der Waals surface area contributed by atoms with Crippen LogP contribution in [0.15, 0.2) is 24.8 Å². The Balaban J connectivity index is 2.08. The summed E-state index contributed by atoms with van der Waals surface area (Å²) in [5, 5.41) is 10.2. The molecule has 0 aliphatic heterocycles. The zero-order valence-corrected chi connectivity index (χ0v) is 8.73. The molecule has 0 aromatic heterocycles. The molecule has 2 aliphatic carbocycles. The molecule has 1 saturated carbocycles. The fraction of sp³-hybridized carbons (Fsp3) is 0.692. The predicted molar refractivity (Wildman–Crippen MR) is 58.9 cm³/mol. The molecule has 1 heteroatoms. The van der Waals surface area contributed by atoms with E-state index >= 15 is 0 Å². The molecular weight excluding hydrogens is 172 g/mol. The molecule has 0 heterocycles. The maximum Gasteiger partial charge on any atom is 0.0639 e. The van der Waals surface area contributed by atoms with Gasteiger partial charge in [0.25, 0.3) is 0 Å². The van der Waals surface area contributed by atoms with Crippen molar-refractivity contribution in [3.05, 3.63) is 24.8 Å². The molecule has 2 aliphatic rings. The van der Waals surface area contributed by atoms with Crippen LogP contribution in [-0.4, -0.2) is 11.2 Å². The number of hydrogen-bond acceptors (Lipinski definition) is 1. The third-order valence-electron chi connectivity index (χ3n) is 3.80. The molecule has 78 valence electrons. The van der Waals surface area contributed by atoms with Crippen molar-refractivity contribution in [3.8, 4) is 0 Å². The summed E-state index contributed by atoms with van der Waals surface area (Å²) in [6.07, 6.45) is 12.4. The first-order valence-corrected chi connectivity index (χ1v) is 5.80. The van der Waals surface area contributed by atoms with Crippen LogP contribution in [0.25, 0.3) is 0 Å². The lowest BCUT2D eigenvalue weighted by Gasteiger charge is -2.39. The first kappa shape index (κ1) is 9.97. The second-order valence-corrected chi connectivity index (χ2v) is 4.68. The second kappa shape index (κ2) is 4.31. The zero-order chi connectivity index (χ0) is 9.97. The van der Waals surface area contributed by atoms with Crippen LogP contribution < -0.4 is 0 Å². The lowest BCUT2D eigenvalue weighted by Crippen LogP contribution is -2.37. The SMILES string of the molecule is C=CC[C@H]1C=C[C@@H]2CCCC[C@@H]2[C@H]1O. The molecule has 0 unspecified atom stereocenters. The van der Waals surface area contributed by atoms with Crippen LogP contribution in [0.4, 0.5) is 0 Å². The van der Waals surface area contributed by atoms with Crippen LogP contribution >= 0.6 is 0 Å². The normalized spacial score (nSPS) is 41.8. The Morgan fingerprint density at radius 1 is 1.29 bits per heavy atom. The highest BCUT2D eigenvalue weighted by molar-refractivity contribution is 5.07. The van der Waals surface area contributed by atoms with Gasteiger partial charge in [-0.1, -0.05) is 31.1 Å². The van der Waals surface area contributed by atoms with Crippen LogP contribution in [0, 0.1) is 17.8 Å². The first-order chi connectivity index (χ1) is 6.83. The molecule has 0 spiro atoms. The van der Waals surface area contributed by atoms with E-state index in [1.54, 1.807) is 0 Å². The van der Waals surface area contributed by atoms with Gasteiger partial charge in [0.05, 0.1) is 6.10 Å². The minimum absolute atomic E-state index is 0.122. The molecule has 1 fully saturated rings. The molecule has 0 radical (unpaired) electrons. The molecule has 0 aromatic carbocycles. The van der Waals surface area contributed by atoms with E-state index < -0.39 is 0 Å². The van der Waals surface area contributed by atoms with E-state index in [-0.39, 0.29) is 6.10 Å². The van der Waals surface area contributed by atoms with Crippen LogP contribution in [-0.2, 0) is 0 Å². The van der Waals surface area contributed by atoms with Crippen molar-refractivity contribution in [2.75, 3.05) is 0 Å². The largest absolute Gasteiger partial charge is 0.392 e. The fourth-order valence-corrected chi connectivity index (χ4v) is 2.98. The van der Waals surface area contributed by atoms with Crippen molar-refractivity contribution in [1.29, 1.82) is 0 Å². The summed E-state index contributed by atoms with van der Waals surface area (Å²) in [6.45, 7) is 3.75. The second-order valence-electron chi connectivity index (χ2n) is 4.68. The van der Waals surface area contributed by atoms with E-state index in [1.807, 2.05) is 6.08 Å². The summed E-state index contributed by atoms with van der Waals surface area (Å²) in [5.41, 5.74) is 0. The topological polar surface area (TPSA) is 20.2 Å². The molecular formula is C13H20O. The summed E-state index contributed by atoms with van der Waals surface area (Å²) < 4.78 is 0. The molecule has 0 bridgehead atoms. The molecule has 1 N–H and O–H groups in total. The smallest absolute Gasteiger partial charge is 0.0639 e. The number of aliphatic hydroxyl groups is 1. The van der Waals surface area contributed by atoms with Gasteiger partial charge in [0.1, 0.15) is 0 Å². The third-order valence-corrected chi connectivity index (χ3v) is 3.80. The van der Waals surface area contributed by atoms with Gasteiger partial charge in [0, 0.05) is 5.92 Å². The predicted octanol–water partition coefficient (Wildman–Crippen LogP) is 2.92. The molecule has 0 saturated heterocycles. The highest BCUT2D eigenvalue weighted by Gasteiger charge is 2.35. The Morgan fingerprint density at radius 3 is 2.86 bits per heavy atom. The summed E-state index contributed by atoms with van der Waals surface area (Å²) in [4.78, 5) is 0. The Bertz CT molecular complexity index is 231. The molecule has 14 heavy (non-hydrogen) atoms. The van der Waals surface area contributed by atoms with Gasteiger partial charge < -0.3 is 5.11 Å². The number of hydrogen-bond donors (Lipinski definition) is 1. The number of allylic oxidation sites excluding steroid dienone is 2. The highest BCUT2D eigenvalue weighted by Crippen LogP contribution is 2.40. The monoisotopic (exact) mass is 192 g/mol. The quantitative estimate of drug-likeness (QED) is 0.667.